The number of rotatable bonds is 6. The van der Waals surface area contributed by atoms with Crippen LogP contribution in [0, 0.1) is 5.41 Å². The summed E-state index contributed by atoms with van der Waals surface area (Å²) in [7, 11) is 0. The van der Waals surface area contributed by atoms with E-state index in [0.717, 1.165) is 18.4 Å². The molecule has 18 heavy (non-hydrogen) atoms. The van der Waals surface area contributed by atoms with Crippen molar-refractivity contribution in [3.05, 3.63) is 35.4 Å². The Bertz CT molecular complexity index is 399. The molecule has 3 nitrogen and oxygen atoms in total. The molecule has 3 N–H and O–H groups in total. The molecular formula is C15H24N2O. The van der Waals surface area contributed by atoms with Gasteiger partial charge >= 0.3 is 0 Å². The van der Waals surface area contributed by atoms with Crippen LogP contribution in [0.3, 0.4) is 0 Å². The largest absolute Gasteiger partial charge is 0.352 e. The van der Waals surface area contributed by atoms with Gasteiger partial charge in [-0.2, -0.15) is 0 Å². The van der Waals surface area contributed by atoms with Crippen LogP contribution in [0.25, 0.3) is 0 Å². The lowest BCUT2D eigenvalue weighted by Gasteiger charge is -2.22. The maximum Gasteiger partial charge on any atom is 0.251 e. The third-order valence-corrected chi connectivity index (χ3v) is 3.31. The number of carbonyl (C=O) groups excluding carboxylic acids is 1. The molecular weight excluding hydrogens is 224 g/mol. The van der Waals surface area contributed by atoms with E-state index in [1.165, 1.54) is 0 Å². The quantitative estimate of drug-likeness (QED) is 0.812. The summed E-state index contributed by atoms with van der Waals surface area (Å²) < 4.78 is 0. The lowest BCUT2D eigenvalue weighted by molar-refractivity contribution is 0.0935. The number of carbonyl (C=O) groups is 1. The molecule has 0 atom stereocenters. The molecule has 0 heterocycles. The van der Waals surface area contributed by atoms with Crippen molar-refractivity contribution in [3.63, 3.8) is 0 Å². The van der Waals surface area contributed by atoms with Crippen LogP contribution in [0.1, 0.15) is 43.1 Å². The summed E-state index contributed by atoms with van der Waals surface area (Å²) in [6.45, 7) is 7.74. The number of amides is 1. The second kappa shape index (κ2) is 6.55. The van der Waals surface area contributed by atoms with Gasteiger partial charge in [0.25, 0.3) is 5.91 Å². The van der Waals surface area contributed by atoms with Crippen molar-refractivity contribution in [3.8, 4) is 0 Å². The summed E-state index contributed by atoms with van der Waals surface area (Å²) >= 11 is 0. The first-order valence-electron chi connectivity index (χ1n) is 6.56. The fraction of sp³-hybridized carbons (Fsp3) is 0.533. The van der Waals surface area contributed by atoms with Crippen molar-refractivity contribution < 1.29 is 4.79 Å². The van der Waals surface area contributed by atoms with Crippen molar-refractivity contribution in [1.82, 2.24) is 5.32 Å². The van der Waals surface area contributed by atoms with E-state index < -0.39 is 0 Å². The van der Waals surface area contributed by atoms with Gasteiger partial charge in [-0.15, -0.1) is 0 Å². The normalized spacial score (nSPS) is 11.3. The predicted octanol–water partition coefficient (Wildman–Crippen LogP) is 2.35. The molecule has 1 amide bonds. The molecule has 0 saturated heterocycles. The van der Waals surface area contributed by atoms with E-state index in [1.54, 1.807) is 0 Å². The number of hydrogen-bond acceptors (Lipinski definition) is 2. The van der Waals surface area contributed by atoms with Gasteiger partial charge in [-0.1, -0.05) is 32.9 Å². The zero-order valence-corrected chi connectivity index (χ0v) is 11.6. The minimum Gasteiger partial charge on any atom is -0.352 e. The number of nitrogens with one attached hydrogen (secondary N) is 1. The summed E-state index contributed by atoms with van der Waals surface area (Å²) in [6.07, 6.45) is 1.85. The van der Waals surface area contributed by atoms with Crippen molar-refractivity contribution in [2.75, 3.05) is 13.1 Å². The second-order valence-electron chi connectivity index (χ2n) is 5.44. The Morgan fingerprint density at radius 2 is 2.11 bits per heavy atom. The maximum absolute atomic E-state index is 12.0. The lowest BCUT2D eigenvalue weighted by Crippen LogP contribution is -2.33. The predicted molar refractivity (Wildman–Crippen MR) is 75.6 cm³/mol. The molecule has 0 aliphatic heterocycles. The first-order valence-corrected chi connectivity index (χ1v) is 6.56. The molecule has 1 aromatic carbocycles. The maximum atomic E-state index is 12.0. The van der Waals surface area contributed by atoms with E-state index in [2.05, 4.69) is 26.1 Å². The van der Waals surface area contributed by atoms with Gasteiger partial charge in [0.05, 0.1) is 0 Å². The fourth-order valence-corrected chi connectivity index (χ4v) is 1.58. The Labute approximate surface area is 110 Å². The van der Waals surface area contributed by atoms with Crippen LogP contribution >= 0.6 is 0 Å². The smallest absolute Gasteiger partial charge is 0.251 e. The minimum atomic E-state index is -0.00426. The van der Waals surface area contributed by atoms with Gasteiger partial charge in [-0.3, -0.25) is 4.79 Å². The van der Waals surface area contributed by atoms with Crippen molar-refractivity contribution in [1.29, 1.82) is 0 Å². The average Bonchev–Trinajstić information content (AvgIpc) is 2.37. The standard InChI is InChI=1S/C15H24N2O/c1-4-15(2,3)11-17-14(18)13-7-5-6-12(10-13)8-9-16/h5-7,10H,4,8-9,11,16H2,1-3H3,(H,17,18). The van der Waals surface area contributed by atoms with Crippen LogP contribution in [-0.2, 0) is 6.42 Å². The van der Waals surface area contributed by atoms with Gasteiger partial charge in [-0.25, -0.2) is 0 Å². The lowest BCUT2D eigenvalue weighted by atomic mass is 9.90. The highest BCUT2D eigenvalue weighted by atomic mass is 16.1. The summed E-state index contributed by atoms with van der Waals surface area (Å²) in [6, 6.07) is 7.67. The number of nitrogens with two attached hydrogens (primary N) is 1. The molecule has 3 heteroatoms. The third-order valence-electron chi connectivity index (χ3n) is 3.31. The van der Waals surface area contributed by atoms with Crippen LogP contribution in [0.4, 0.5) is 0 Å². The molecule has 1 rings (SSSR count). The molecule has 0 spiro atoms. The summed E-state index contributed by atoms with van der Waals surface area (Å²) in [5.41, 5.74) is 7.49. The monoisotopic (exact) mass is 248 g/mol. The first kappa shape index (κ1) is 14.7. The second-order valence-corrected chi connectivity index (χ2v) is 5.44. The highest BCUT2D eigenvalue weighted by Gasteiger charge is 2.16. The topological polar surface area (TPSA) is 55.1 Å². The van der Waals surface area contributed by atoms with E-state index in [4.69, 9.17) is 5.73 Å². The van der Waals surface area contributed by atoms with Crippen LogP contribution < -0.4 is 11.1 Å². The van der Waals surface area contributed by atoms with E-state index in [9.17, 15) is 4.79 Å². The van der Waals surface area contributed by atoms with Gasteiger partial charge in [0.15, 0.2) is 0 Å². The molecule has 0 unspecified atom stereocenters. The molecule has 0 bridgehead atoms. The van der Waals surface area contributed by atoms with Gasteiger partial charge in [0, 0.05) is 12.1 Å². The van der Waals surface area contributed by atoms with Crippen molar-refractivity contribution in [2.24, 2.45) is 11.1 Å². The average molecular weight is 248 g/mol. The highest BCUT2D eigenvalue weighted by molar-refractivity contribution is 5.94. The van der Waals surface area contributed by atoms with Crippen LogP contribution in [0.5, 0.6) is 0 Å². The van der Waals surface area contributed by atoms with E-state index in [-0.39, 0.29) is 11.3 Å². The van der Waals surface area contributed by atoms with Crippen LogP contribution in [0.2, 0.25) is 0 Å². The summed E-state index contributed by atoms with van der Waals surface area (Å²) in [5.74, 6) is -0.00426. The fourth-order valence-electron chi connectivity index (χ4n) is 1.58. The summed E-state index contributed by atoms with van der Waals surface area (Å²) in [5, 5.41) is 2.99. The van der Waals surface area contributed by atoms with E-state index in [1.807, 2.05) is 24.3 Å². The SMILES string of the molecule is CCC(C)(C)CNC(=O)c1cccc(CCN)c1. The van der Waals surface area contributed by atoms with E-state index >= 15 is 0 Å². The Kier molecular flexibility index (Phi) is 5.35. The number of benzene rings is 1. The van der Waals surface area contributed by atoms with Crippen molar-refractivity contribution >= 4 is 5.91 Å². The molecule has 1 aromatic rings. The number of hydrogen-bond donors (Lipinski definition) is 2. The van der Waals surface area contributed by atoms with Gasteiger partial charge in [0.1, 0.15) is 0 Å². The molecule has 0 fully saturated rings. The Morgan fingerprint density at radius 1 is 1.39 bits per heavy atom. The Hall–Kier alpha value is -1.35. The summed E-state index contributed by atoms with van der Waals surface area (Å²) in [4.78, 5) is 12.0. The van der Waals surface area contributed by atoms with Crippen molar-refractivity contribution in [2.45, 2.75) is 33.6 Å². The molecule has 100 valence electrons. The first-order chi connectivity index (χ1) is 8.48. The Morgan fingerprint density at radius 3 is 2.72 bits per heavy atom. The zero-order valence-electron chi connectivity index (χ0n) is 11.6. The van der Waals surface area contributed by atoms with Gasteiger partial charge < -0.3 is 11.1 Å². The zero-order chi connectivity index (χ0) is 13.6. The third kappa shape index (κ3) is 4.49. The molecule has 0 aliphatic carbocycles. The minimum absolute atomic E-state index is 0.00426. The molecule has 0 radical (unpaired) electrons. The van der Waals surface area contributed by atoms with Crippen LogP contribution in [-0.4, -0.2) is 19.0 Å². The molecule has 0 aromatic heterocycles. The van der Waals surface area contributed by atoms with Gasteiger partial charge in [0.2, 0.25) is 0 Å². The molecule has 0 saturated carbocycles. The van der Waals surface area contributed by atoms with E-state index in [0.29, 0.717) is 18.7 Å². The Balaban J connectivity index is 2.64. The molecule has 0 aliphatic rings. The van der Waals surface area contributed by atoms with Crippen LogP contribution in [0.15, 0.2) is 24.3 Å². The highest BCUT2D eigenvalue weighted by Crippen LogP contribution is 2.18. The van der Waals surface area contributed by atoms with Gasteiger partial charge in [-0.05, 0) is 42.5 Å².